The minimum Gasteiger partial charge on any atom is -0.354 e. The number of carbonyl (C=O) groups excluding carboxylic acids is 1. The van der Waals surface area contributed by atoms with Crippen molar-refractivity contribution in [2.75, 3.05) is 5.32 Å². The molecule has 1 aliphatic carbocycles. The summed E-state index contributed by atoms with van der Waals surface area (Å²) in [6, 6.07) is 10.4. The van der Waals surface area contributed by atoms with E-state index in [9.17, 15) is 4.79 Å². The first-order chi connectivity index (χ1) is 18.4. The minimum absolute atomic E-state index is 0.0202. The van der Waals surface area contributed by atoms with E-state index in [0.29, 0.717) is 17.8 Å². The molecule has 0 spiro atoms. The Morgan fingerprint density at radius 2 is 1.89 bits per heavy atom. The molecule has 0 saturated heterocycles. The fraction of sp³-hybridized carbons (Fsp3) is 0.233. The number of allylic oxidation sites excluding steroid dienone is 1. The number of nitrogens with zero attached hydrogens (tertiary/aromatic N) is 4. The van der Waals surface area contributed by atoms with E-state index in [4.69, 9.17) is 0 Å². The number of hydrogen-bond acceptors (Lipinski definition) is 5. The van der Waals surface area contributed by atoms with Crippen molar-refractivity contribution in [3.05, 3.63) is 84.2 Å². The lowest BCUT2D eigenvalue weighted by Crippen LogP contribution is -2.25. The Kier molecular flexibility index (Phi) is 5.87. The number of rotatable bonds is 6. The van der Waals surface area contributed by atoms with Crippen molar-refractivity contribution in [3.8, 4) is 22.5 Å². The molecule has 38 heavy (non-hydrogen) atoms. The highest BCUT2D eigenvalue weighted by Crippen LogP contribution is 2.43. The van der Waals surface area contributed by atoms with Crippen LogP contribution in [0.5, 0.6) is 0 Å². The third-order valence-electron chi connectivity index (χ3n) is 7.20. The highest BCUT2D eigenvalue weighted by molar-refractivity contribution is 5.94. The first-order valence-corrected chi connectivity index (χ1v) is 12.8. The summed E-state index contributed by atoms with van der Waals surface area (Å²) in [5.41, 5.74) is 8.30. The zero-order chi connectivity index (χ0) is 26.3. The molecule has 5 aromatic heterocycles. The third kappa shape index (κ3) is 4.28. The smallest absolute Gasteiger partial charge is 0.224 e. The lowest BCUT2D eigenvalue weighted by atomic mass is 9.72. The van der Waals surface area contributed by atoms with Gasteiger partial charge >= 0.3 is 0 Å². The topological polar surface area (TPSA) is 112 Å². The number of aromatic nitrogens is 6. The van der Waals surface area contributed by atoms with Crippen LogP contribution < -0.4 is 5.32 Å². The molecule has 0 bridgehead atoms. The van der Waals surface area contributed by atoms with Crippen molar-refractivity contribution in [1.82, 2.24) is 30.1 Å². The molecule has 1 unspecified atom stereocenters. The average molecular weight is 504 g/mol. The number of nitrogens with one attached hydrogen (secondary N) is 3. The predicted molar refractivity (Wildman–Crippen MR) is 149 cm³/mol. The highest BCUT2D eigenvalue weighted by Gasteiger charge is 2.33. The molecule has 1 amide bonds. The predicted octanol–water partition coefficient (Wildman–Crippen LogP) is 6.12. The van der Waals surface area contributed by atoms with E-state index in [0.717, 1.165) is 40.0 Å². The Hall–Kier alpha value is -4.59. The van der Waals surface area contributed by atoms with Crippen LogP contribution in [-0.2, 0) is 10.2 Å². The Morgan fingerprint density at radius 1 is 1.08 bits per heavy atom. The fourth-order valence-electron chi connectivity index (χ4n) is 5.22. The lowest BCUT2D eigenvalue weighted by Gasteiger charge is -2.31. The van der Waals surface area contributed by atoms with Gasteiger partial charge in [0.1, 0.15) is 0 Å². The Balaban J connectivity index is 1.36. The second-order valence-electron chi connectivity index (χ2n) is 10.5. The van der Waals surface area contributed by atoms with Gasteiger partial charge in [0.15, 0.2) is 5.65 Å². The van der Waals surface area contributed by atoms with Crippen LogP contribution in [0.3, 0.4) is 0 Å². The molecule has 190 valence electrons. The highest BCUT2D eigenvalue weighted by atomic mass is 16.1. The molecule has 0 saturated carbocycles. The quantitative estimate of drug-likeness (QED) is 0.258. The van der Waals surface area contributed by atoms with E-state index in [1.807, 2.05) is 32.3 Å². The number of pyridine rings is 3. The Bertz CT molecular complexity index is 1660. The molecule has 3 N–H and O–H groups in total. The minimum atomic E-state index is -0.160. The van der Waals surface area contributed by atoms with Gasteiger partial charge in [-0.3, -0.25) is 19.9 Å². The number of fused-ring (bicyclic) bond motifs is 2. The summed E-state index contributed by atoms with van der Waals surface area (Å²) in [6.07, 6.45) is 14.7. The van der Waals surface area contributed by atoms with E-state index < -0.39 is 0 Å². The molecular formula is C30H29N7O. The average Bonchev–Trinajstić information content (AvgIpc) is 3.53. The zero-order valence-corrected chi connectivity index (χ0v) is 21.6. The fourth-order valence-corrected chi connectivity index (χ4v) is 5.22. The number of amides is 1. The van der Waals surface area contributed by atoms with Gasteiger partial charge in [-0.1, -0.05) is 26.8 Å². The van der Waals surface area contributed by atoms with Crippen LogP contribution in [0.2, 0.25) is 0 Å². The standard InChI is InChI=1S/C30H29N7O/c1-18(2)11-27(38)34-22-12-19(15-32-17-22)20-13-23-28(36-37-29(23)33-16-20)26-14-24-25(35-26)5-4-8-30(24,3)21-6-9-31-10-7-21/h4-7,9-10,12-18,35H,8,11H2,1-3H3,(H,34,38)(H,33,36,37). The van der Waals surface area contributed by atoms with Crippen molar-refractivity contribution in [2.24, 2.45) is 5.92 Å². The van der Waals surface area contributed by atoms with Crippen LogP contribution >= 0.6 is 0 Å². The molecule has 0 aliphatic heterocycles. The first-order valence-electron chi connectivity index (χ1n) is 12.8. The van der Waals surface area contributed by atoms with Crippen molar-refractivity contribution in [3.63, 3.8) is 0 Å². The molecule has 0 radical (unpaired) electrons. The third-order valence-corrected chi connectivity index (χ3v) is 7.20. The second-order valence-corrected chi connectivity index (χ2v) is 10.5. The van der Waals surface area contributed by atoms with Gasteiger partial charge in [-0.2, -0.15) is 5.10 Å². The van der Waals surface area contributed by atoms with Crippen LogP contribution in [0, 0.1) is 5.92 Å². The molecule has 8 heteroatoms. The van der Waals surface area contributed by atoms with Crippen molar-refractivity contribution < 1.29 is 4.79 Å². The molecule has 1 aliphatic rings. The summed E-state index contributed by atoms with van der Waals surface area (Å²) in [7, 11) is 0. The Morgan fingerprint density at radius 3 is 2.71 bits per heavy atom. The molecule has 1 atom stereocenters. The number of aromatic amines is 2. The zero-order valence-electron chi connectivity index (χ0n) is 21.6. The van der Waals surface area contributed by atoms with Crippen LogP contribution in [0.1, 0.15) is 50.4 Å². The van der Waals surface area contributed by atoms with E-state index in [2.05, 4.69) is 78.8 Å². The van der Waals surface area contributed by atoms with Crippen LogP contribution in [0.25, 0.3) is 39.6 Å². The normalized spacial score (nSPS) is 16.6. The SMILES string of the molecule is CC(C)CC(=O)Nc1cncc(-c2cnc3n[nH]c(-c4cc5c([nH]4)C=CCC5(C)c4ccncc4)c3c2)c1. The van der Waals surface area contributed by atoms with Crippen molar-refractivity contribution in [2.45, 2.75) is 39.0 Å². The van der Waals surface area contributed by atoms with Gasteiger partial charge in [0.05, 0.1) is 23.3 Å². The van der Waals surface area contributed by atoms with E-state index in [1.54, 1.807) is 18.6 Å². The second kappa shape index (κ2) is 9.37. The van der Waals surface area contributed by atoms with Gasteiger partial charge in [0.25, 0.3) is 0 Å². The van der Waals surface area contributed by atoms with Crippen molar-refractivity contribution >= 4 is 28.7 Å². The molecule has 0 fully saturated rings. The molecular weight excluding hydrogens is 474 g/mol. The van der Waals surface area contributed by atoms with Gasteiger partial charge in [-0.25, -0.2) is 4.98 Å². The largest absolute Gasteiger partial charge is 0.354 e. The Labute approximate surface area is 220 Å². The summed E-state index contributed by atoms with van der Waals surface area (Å²) < 4.78 is 0. The lowest BCUT2D eigenvalue weighted by molar-refractivity contribution is -0.116. The maximum absolute atomic E-state index is 12.3. The maximum Gasteiger partial charge on any atom is 0.224 e. The molecule has 8 nitrogen and oxygen atoms in total. The van der Waals surface area contributed by atoms with E-state index >= 15 is 0 Å². The first kappa shape index (κ1) is 23.8. The van der Waals surface area contributed by atoms with E-state index in [-0.39, 0.29) is 17.2 Å². The van der Waals surface area contributed by atoms with Crippen LogP contribution in [0.4, 0.5) is 5.69 Å². The van der Waals surface area contributed by atoms with Crippen LogP contribution in [-0.4, -0.2) is 36.0 Å². The van der Waals surface area contributed by atoms with Gasteiger partial charge in [-0.15, -0.1) is 0 Å². The maximum atomic E-state index is 12.3. The summed E-state index contributed by atoms with van der Waals surface area (Å²) in [5.74, 6) is 0.266. The van der Waals surface area contributed by atoms with E-state index in [1.165, 1.54) is 11.1 Å². The number of anilines is 1. The summed E-state index contributed by atoms with van der Waals surface area (Å²) in [5, 5.41) is 11.5. The van der Waals surface area contributed by atoms with Gasteiger partial charge < -0.3 is 10.3 Å². The number of carbonyl (C=O) groups is 1. The summed E-state index contributed by atoms with van der Waals surface area (Å²) >= 11 is 0. The summed E-state index contributed by atoms with van der Waals surface area (Å²) in [4.78, 5) is 29.0. The molecule has 6 rings (SSSR count). The molecule has 5 heterocycles. The molecule has 5 aromatic rings. The number of hydrogen-bond donors (Lipinski definition) is 3. The van der Waals surface area contributed by atoms with Gasteiger partial charge in [0.2, 0.25) is 5.91 Å². The van der Waals surface area contributed by atoms with Crippen molar-refractivity contribution in [1.29, 1.82) is 0 Å². The number of H-pyrrole nitrogens is 2. The van der Waals surface area contributed by atoms with Gasteiger partial charge in [-0.05, 0) is 59.9 Å². The van der Waals surface area contributed by atoms with Crippen LogP contribution in [0.15, 0.2) is 67.4 Å². The molecule has 0 aromatic carbocycles. The van der Waals surface area contributed by atoms with Gasteiger partial charge in [0, 0.05) is 58.8 Å². The summed E-state index contributed by atoms with van der Waals surface area (Å²) in [6.45, 7) is 6.31. The monoisotopic (exact) mass is 503 g/mol.